The molecule has 0 bridgehead atoms. The molecule has 3 aromatic rings. The Balaban J connectivity index is 1.37. The number of amides is 2. The van der Waals surface area contributed by atoms with Crippen LogP contribution in [0.2, 0.25) is 0 Å². The topological polar surface area (TPSA) is 80.5 Å². The second-order valence-electron chi connectivity index (χ2n) is 6.01. The number of aromatic nitrogens is 2. The Labute approximate surface area is 144 Å². The fourth-order valence-electron chi connectivity index (χ4n) is 2.94. The monoisotopic (exact) mass is 338 g/mol. The van der Waals surface area contributed by atoms with E-state index in [2.05, 4.69) is 15.3 Å². The van der Waals surface area contributed by atoms with Gasteiger partial charge in [-0.2, -0.15) is 0 Å². The molecule has 0 spiro atoms. The number of carbonyl (C=O) groups excluding carboxylic acids is 1. The maximum absolute atomic E-state index is 12.5. The van der Waals surface area contributed by atoms with Crippen molar-refractivity contribution in [3.63, 3.8) is 0 Å². The fourth-order valence-corrected chi connectivity index (χ4v) is 2.94. The predicted molar refractivity (Wildman–Crippen MR) is 92.6 cm³/mol. The number of nitrogens with zero attached hydrogens (tertiary/aromatic N) is 3. The Morgan fingerprint density at radius 3 is 3.16 bits per heavy atom. The van der Waals surface area contributed by atoms with Crippen LogP contribution in [-0.4, -0.2) is 40.1 Å². The summed E-state index contributed by atoms with van der Waals surface area (Å²) < 4.78 is 11.4. The third-order valence-electron chi connectivity index (χ3n) is 4.12. The number of benzene rings is 1. The molecule has 0 saturated carbocycles. The van der Waals surface area contributed by atoms with Crippen LogP contribution in [0.4, 0.5) is 10.5 Å². The summed E-state index contributed by atoms with van der Waals surface area (Å²) in [5.41, 5.74) is 2.13. The summed E-state index contributed by atoms with van der Waals surface area (Å²) in [4.78, 5) is 22.5. The lowest BCUT2D eigenvalue weighted by Crippen LogP contribution is -2.34. The lowest BCUT2D eigenvalue weighted by atomic mass is 10.3. The zero-order chi connectivity index (χ0) is 17.2. The van der Waals surface area contributed by atoms with E-state index in [-0.39, 0.29) is 12.1 Å². The average molecular weight is 338 g/mol. The van der Waals surface area contributed by atoms with Gasteiger partial charge in [-0.15, -0.1) is 0 Å². The Morgan fingerprint density at radius 2 is 2.32 bits per heavy atom. The molecule has 7 nitrogen and oxygen atoms in total. The first-order chi connectivity index (χ1) is 12.2. The molecule has 1 atom stereocenters. The van der Waals surface area contributed by atoms with Gasteiger partial charge in [0, 0.05) is 37.8 Å². The van der Waals surface area contributed by atoms with E-state index in [1.54, 1.807) is 30.3 Å². The molecule has 25 heavy (non-hydrogen) atoms. The highest BCUT2D eigenvalue weighted by Crippen LogP contribution is 2.22. The maximum Gasteiger partial charge on any atom is 0.321 e. The van der Waals surface area contributed by atoms with Crippen LogP contribution < -0.4 is 10.1 Å². The van der Waals surface area contributed by atoms with Gasteiger partial charge in [0.25, 0.3) is 0 Å². The smallest absolute Gasteiger partial charge is 0.321 e. The van der Waals surface area contributed by atoms with Gasteiger partial charge in [-0.25, -0.2) is 9.78 Å². The van der Waals surface area contributed by atoms with Crippen LogP contribution in [0.3, 0.4) is 0 Å². The highest BCUT2D eigenvalue weighted by Gasteiger charge is 2.27. The zero-order valence-electron chi connectivity index (χ0n) is 13.8. The normalized spacial score (nSPS) is 17.0. The zero-order valence-corrected chi connectivity index (χ0v) is 13.8. The molecule has 0 radical (unpaired) electrons. The number of fused-ring (bicyclic) bond motifs is 1. The number of carbonyl (C=O) groups is 1. The number of anilines is 1. The molecular weight excluding hydrogens is 320 g/mol. The Kier molecular flexibility index (Phi) is 3.97. The first-order valence-electron chi connectivity index (χ1n) is 8.17. The van der Waals surface area contributed by atoms with Crippen molar-refractivity contribution >= 4 is 22.8 Å². The standard InChI is InChI=1S/C18H18N4O3/c1-12-20-16-5-4-13(9-17(16)24-12)21-18(23)22-8-6-15(11-22)25-14-3-2-7-19-10-14/h2-5,7,9-10,15H,6,8,11H2,1H3,(H,21,23). The van der Waals surface area contributed by atoms with E-state index >= 15 is 0 Å². The predicted octanol–water partition coefficient (Wildman–Crippen LogP) is 3.22. The highest BCUT2D eigenvalue weighted by molar-refractivity contribution is 5.91. The third-order valence-corrected chi connectivity index (χ3v) is 4.12. The van der Waals surface area contributed by atoms with Crippen LogP contribution in [0.25, 0.3) is 11.1 Å². The van der Waals surface area contributed by atoms with Gasteiger partial charge in [0.1, 0.15) is 17.4 Å². The summed E-state index contributed by atoms with van der Waals surface area (Å²) in [6.45, 7) is 3.00. The minimum absolute atomic E-state index is 0.0191. The molecule has 3 heterocycles. The van der Waals surface area contributed by atoms with Gasteiger partial charge >= 0.3 is 6.03 Å². The number of hydrogen-bond acceptors (Lipinski definition) is 5. The van der Waals surface area contributed by atoms with Crippen molar-refractivity contribution in [2.24, 2.45) is 0 Å². The number of likely N-dealkylation sites (tertiary alicyclic amines) is 1. The van der Waals surface area contributed by atoms with Crippen molar-refractivity contribution in [1.82, 2.24) is 14.9 Å². The number of pyridine rings is 1. The summed E-state index contributed by atoms with van der Waals surface area (Å²) in [5, 5.41) is 2.90. The first kappa shape index (κ1) is 15.4. The first-order valence-corrected chi connectivity index (χ1v) is 8.17. The number of rotatable bonds is 3. The fraction of sp³-hybridized carbons (Fsp3) is 0.278. The molecule has 0 aliphatic carbocycles. The number of hydrogen-bond donors (Lipinski definition) is 1. The van der Waals surface area contributed by atoms with Crippen LogP contribution >= 0.6 is 0 Å². The average Bonchev–Trinajstić information content (AvgIpc) is 3.21. The van der Waals surface area contributed by atoms with Crippen molar-refractivity contribution in [3.05, 3.63) is 48.6 Å². The Bertz CT molecular complexity index is 894. The molecular formula is C18H18N4O3. The summed E-state index contributed by atoms with van der Waals surface area (Å²) >= 11 is 0. The molecule has 4 rings (SSSR count). The molecule has 1 aromatic carbocycles. The summed E-state index contributed by atoms with van der Waals surface area (Å²) in [5.74, 6) is 1.33. The molecule has 1 aliphatic rings. The number of nitrogens with one attached hydrogen (secondary N) is 1. The summed E-state index contributed by atoms with van der Waals surface area (Å²) in [6, 6.07) is 8.99. The van der Waals surface area contributed by atoms with Crippen LogP contribution in [0, 0.1) is 6.92 Å². The molecule has 128 valence electrons. The van der Waals surface area contributed by atoms with Crippen LogP contribution in [-0.2, 0) is 0 Å². The molecule has 7 heteroatoms. The largest absolute Gasteiger partial charge is 0.487 e. The molecule has 2 amide bonds. The molecule has 1 saturated heterocycles. The molecule has 1 fully saturated rings. The number of urea groups is 1. The van der Waals surface area contributed by atoms with Crippen molar-refractivity contribution in [2.75, 3.05) is 18.4 Å². The molecule has 1 unspecified atom stereocenters. The van der Waals surface area contributed by atoms with E-state index in [0.29, 0.717) is 30.3 Å². The number of ether oxygens (including phenoxy) is 1. The third kappa shape index (κ3) is 3.40. The molecule has 1 aliphatic heterocycles. The lowest BCUT2D eigenvalue weighted by Gasteiger charge is -2.18. The molecule has 2 aromatic heterocycles. The minimum atomic E-state index is -0.145. The van der Waals surface area contributed by atoms with E-state index in [4.69, 9.17) is 9.15 Å². The number of oxazole rings is 1. The quantitative estimate of drug-likeness (QED) is 0.793. The SMILES string of the molecule is Cc1nc2ccc(NC(=O)N3CCC(Oc4cccnc4)C3)cc2o1. The van der Waals surface area contributed by atoms with Gasteiger partial charge in [-0.05, 0) is 24.3 Å². The van der Waals surface area contributed by atoms with Crippen molar-refractivity contribution in [3.8, 4) is 5.75 Å². The van der Waals surface area contributed by atoms with E-state index in [0.717, 1.165) is 17.7 Å². The second-order valence-corrected chi connectivity index (χ2v) is 6.01. The van der Waals surface area contributed by atoms with Crippen LogP contribution in [0.15, 0.2) is 47.1 Å². The van der Waals surface area contributed by atoms with Crippen LogP contribution in [0.1, 0.15) is 12.3 Å². The molecule has 1 N–H and O–H groups in total. The van der Waals surface area contributed by atoms with Gasteiger partial charge in [0.2, 0.25) is 0 Å². The highest BCUT2D eigenvalue weighted by atomic mass is 16.5. The second kappa shape index (κ2) is 6.43. The van der Waals surface area contributed by atoms with Gasteiger partial charge in [-0.1, -0.05) is 0 Å². The lowest BCUT2D eigenvalue weighted by molar-refractivity contribution is 0.194. The van der Waals surface area contributed by atoms with Gasteiger partial charge in [0.05, 0.1) is 12.7 Å². The Hall–Kier alpha value is -3.09. The van der Waals surface area contributed by atoms with Gasteiger partial charge in [-0.3, -0.25) is 4.98 Å². The van der Waals surface area contributed by atoms with Crippen molar-refractivity contribution in [1.29, 1.82) is 0 Å². The summed E-state index contributed by atoms with van der Waals surface area (Å²) in [6.07, 6.45) is 4.16. The Morgan fingerprint density at radius 1 is 1.40 bits per heavy atom. The van der Waals surface area contributed by atoms with Crippen LogP contribution in [0.5, 0.6) is 5.75 Å². The van der Waals surface area contributed by atoms with E-state index in [9.17, 15) is 4.79 Å². The van der Waals surface area contributed by atoms with E-state index in [1.807, 2.05) is 24.3 Å². The maximum atomic E-state index is 12.5. The van der Waals surface area contributed by atoms with E-state index in [1.165, 1.54) is 0 Å². The number of aryl methyl sites for hydroxylation is 1. The van der Waals surface area contributed by atoms with Gasteiger partial charge < -0.3 is 19.4 Å². The van der Waals surface area contributed by atoms with E-state index < -0.39 is 0 Å². The van der Waals surface area contributed by atoms with Crippen molar-refractivity contribution in [2.45, 2.75) is 19.4 Å². The van der Waals surface area contributed by atoms with Crippen molar-refractivity contribution < 1.29 is 13.9 Å². The van der Waals surface area contributed by atoms with Gasteiger partial charge in [0.15, 0.2) is 11.5 Å². The minimum Gasteiger partial charge on any atom is -0.487 e. The summed E-state index contributed by atoms with van der Waals surface area (Å²) in [7, 11) is 0.